The third kappa shape index (κ3) is 4.04. The number of thioether (sulfide) groups is 2. The molecule has 0 amide bonds. The molecule has 1 aliphatic carbocycles. The second-order valence-corrected chi connectivity index (χ2v) is 15.0. The van der Waals surface area contributed by atoms with Gasteiger partial charge < -0.3 is 17.0 Å². The van der Waals surface area contributed by atoms with Crippen molar-refractivity contribution in [2.24, 2.45) is 0 Å². The normalized spacial score (nSPS) is 20.6. The summed E-state index contributed by atoms with van der Waals surface area (Å²) in [5.41, 5.74) is 0.710. The number of rotatable bonds is 4. The van der Waals surface area contributed by atoms with Gasteiger partial charge in [0, 0.05) is 17.9 Å². The van der Waals surface area contributed by atoms with E-state index in [2.05, 4.69) is 115 Å². The molecule has 0 bridgehead atoms. The van der Waals surface area contributed by atoms with E-state index in [1.165, 1.54) is 37.2 Å². The Hall–Kier alpha value is -0.730. The second kappa shape index (κ2) is 9.82. The summed E-state index contributed by atoms with van der Waals surface area (Å²) in [6.07, 6.45) is 5.43. The number of halogens is 1. The minimum atomic E-state index is -1.73. The Labute approximate surface area is 200 Å². The maximum atomic E-state index is 2.41. The van der Waals surface area contributed by atoms with Crippen LogP contribution in [0.3, 0.4) is 0 Å². The summed E-state index contributed by atoms with van der Waals surface area (Å²) >= 11 is 4.50. The highest BCUT2D eigenvalue weighted by Crippen LogP contribution is 2.67. The summed E-state index contributed by atoms with van der Waals surface area (Å²) in [5.74, 6) is 2.65. The Morgan fingerprint density at radius 1 is 0.667 bits per heavy atom. The zero-order chi connectivity index (χ0) is 19.6. The molecule has 3 aromatic carbocycles. The van der Waals surface area contributed by atoms with Crippen LogP contribution in [0, 0.1) is 0 Å². The summed E-state index contributed by atoms with van der Waals surface area (Å²) in [4.78, 5) is 0. The maximum Gasteiger partial charge on any atom is 0.115 e. The Morgan fingerprint density at radius 2 is 1.10 bits per heavy atom. The fourth-order valence-corrected chi connectivity index (χ4v) is 14.3. The first-order valence-corrected chi connectivity index (χ1v) is 14.5. The predicted octanol–water partition coefficient (Wildman–Crippen LogP) is 3.10. The van der Waals surface area contributed by atoms with Crippen LogP contribution in [0.15, 0.2) is 91.0 Å². The number of hydrogen-bond acceptors (Lipinski definition) is 2. The van der Waals surface area contributed by atoms with Gasteiger partial charge >= 0.3 is 0 Å². The molecule has 1 saturated heterocycles. The van der Waals surface area contributed by atoms with Gasteiger partial charge in [-0.1, -0.05) is 54.6 Å². The Bertz CT molecular complexity index is 830. The Kier molecular flexibility index (Phi) is 7.35. The second-order valence-electron chi connectivity index (χ2n) is 8.09. The van der Waals surface area contributed by atoms with Crippen molar-refractivity contribution >= 4 is 46.7 Å². The molecule has 0 N–H and O–H groups in total. The van der Waals surface area contributed by atoms with Crippen LogP contribution < -0.4 is 32.9 Å². The van der Waals surface area contributed by atoms with Crippen molar-refractivity contribution in [3.63, 3.8) is 0 Å². The molecule has 0 nitrogen and oxygen atoms in total. The van der Waals surface area contributed by atoms with Gasteiger partial charge in [0.25, 0.3) is 0 Å². The van der Waals surface area contributed by atoms with Gasteiger partial charge in [0.15, 0.2) is 0 Å². The van der Waals surface area contributed by atoms with Crippen LogP contribution in [0.4, 0.5) is 0 Å². The van der Waals surface area contributed by atoms with Gasteiger partial charge in [0.2, 0.25) is 0 Å². The zero-order valence-electron chi connectivity index (χ0n) is 17.1. The van der Waals surface area contributed by atoms with E-state index in [9.17, 15) is 0 Å². The van der Waals surface area contributed by atoms with E-state index in [4.69, 9.17) is 0 Å². The van der Waals surface area contributed by atoms with Gasteiger partial charge in [-0.25, -0.2) is 0 Å². The molecule has 0 aromatic heterocycles. The fourth-order valence-electron chi connectivity index (χ4n) is 5.33. The SMILES string of the molecule is [Br-].c1ccc([P+](c2ccccc2)(c2ccccc2)C2CCCC3(C2)SCCS3)cc1. The van der Waals surface area contributed by atoms with Gasteiger partial charge in [-0.2, -0.15) is 0 Å². The summed E-state index contributed by atoms with van der Waals surface area (Å²) in [7, 11) is -1.73. The van der Waals surface area contributed by atoms with Crippen molar-refractivity contribution in [1.82, 2.24) is 0 Å². The van der Waals surface area contributed by atoms with E-state index in [0.717, 1.165) is 0 Å². The van der Waals surface area contributed by atoms with E-state index in [-0.39, 0.29) is 17.0 Å². The molecule has 1 atom stereocenters. The third-order valence-corrected chi connectivity index (χ3v) is 14.9. The fraction of sp³-hybridized carbons (Fsp3) is 0.308. The van der Waals surface area contributed by atoms with Gasteiger partial charge in [-0.3, -0.25) is 0 Å². The molecule has 1 saturated carbocycles. The standard InChI is InChI=1S/C26H28PS2.BrH/c1-4-11-22(12-5-1)27(23-13-6-2-7-14-23,24-15-8-3-9-16-24)25-17-10-18-26(21-25)28-19-20-29-26;/h1-9,11-16,25H,10,17-21H2;1H/q+1;/p-1. The molecule has 3 aromatic rings. The predicted molar refractivity (Wildman–Crippen MR) is 135 cm³/mol. The molecule has 30 heavy (non-hydrogen) atoms. The highest BCUT2D eigenvalue weighted by Gasteiger charge is 2.56. The summed E-state index contributed by atoms with van der Waals surface area (Å²) in [6.45, 7) is 0. The summed E-state index contributed by atoms with van der Waals surface area (Å²) < 4.78 is 0.451. The quantitative estimate of drug-likeness (QED) is 0.490. The first-order chi connectivity index (χ1) is 14.3. The molecule has 2 aliphatic rings. The summed E-state index contributed by atoms with van der Waals surface area (Å²) in [6, 6.07) is 34.4. The van der Waals surface area contributed by atoms with Crippen LogP contribution in [0.25, 0.3) is 0 Å². The lowest BCUT2D eigenvalue weighted by atomic mass is 9.99. The molecule has 1 aliphatic heterocycles. The van der Waals surface area contributed by atoms with E-state index in [0.29, 0.717) is 9.74 Å². The lowest BCUT2D eigenvalue weighted by molar-refractivity contribution is -0.00000549. The highest BCUT2D eigenvalue weighted by molar-refractivity contribution is 8.21. The smallest absolute Gasteiger partial charge is 0.115 e. The monoisotopic (exact) mass is 514 g/mol. The van der Waals surface area contributed by atoms with Crippen LogP contribution in [-0.2, 0) is 0 Å². The zero-order valence-corrected chi connectivity index (χ0v) is 21.2. The van der Waals surface area contributed by atoms with Crippen LogP contribution in [-0.4, -0.2) is 21.2 Å². The molecular formula is C26H28BrPS2. The topological polar surface area (TPSA) is 0 Å². The average molecular weight is 516 g/mol. The van der Waals surface area contributed by atoms with E-state index >= 15 is 0 Å². The van der Waals surface area contributed by atoms with Crippen molar-refractivity contribution in [2.75, 3.05) is 11.5 Å². The minimum absolute atomic E-state index is 0. The molecule has 156 valence electrons. The molecule has 4 heteroatoms. The Morgan fingerprint density at radius 3 is 1.53 bits per heavy atom. The van der Waals surface area contributed by atoms with E-state index in [1.54, 1.807) is 15.9 Å². The van der Waals surface area contributed by atoms with Crippen LogP contribution >= 0.6 is 30.8 Å². The molecule has 1 spiro atoms. The largest absolute Gasteiger partial charge is 1.00 e. The third-order valence-electron chi connectivity index (χ3n) is 6.49. The van der Waals surface area contributed by atoms with E-state index in [1.807, 2.05) is 0 Å². The van der Waals surface area contributed by atoms with Crippen molar-refractivity contribution in [2.45, 2.75) is 35.4 Å². The van der Waals surface area contributed by atoms with Crippen LogP contribution in [0.2, 0.25) is 0 Å². The Balaban J connectivity index is 0.00000218. The van der Waals surface area contributed by atoms with Gasteiger partial charge in [-0.05, 0) is 55.7 Å². The van der Waals surface area contributed by atoms with Crippen molar-refractivity contribution in [3.8, 4) is 0 Å². The molecule has 5 rings (SSSR count). The average Bonchev–Trinajstić information content (AvgIpc) is 3.24. The van der Waals surface area contributed by atoms with Gasteiger partial charge in [0.05, 0.1) is 9.74 Å². The molecule has 2 fully saturated rings. The van der Waals surface area contributed by atoms with Crippen LogP contribution in [0.5, 0.6) is 0 Å². The summed E-state index contributed by atoms with van der Waals surface area (Å²) in [5, 5.41) is 4.65. The van der Waals surface area contributed by atoms with E-state index < -0.39 is 7.26 Å². The number of benzene rings is 3. The number of hydrogen-bond donors (Lipinski definition) is 0. The maximum absolute atomic E-state index is 2.41. The van der Waals surface area contributed by atoms with Crippen molar-refractivity contribution in [1.29, 1.82) is 0 Å². The van der Waals surface area contributed by atoms with Gasteiger partial charge in [-0.15, -0.1) is 23.5 Å². The van der Waals surface area contributed by atoms with Crippen molar-refractivity contribution < 1.29 is 17.0 Å². The first-order valence-electron chi connectivity index (χ1n) is 10.7. The van der Waals surface area contributed by atoms with Crippen LogP contribution in [0.1, 0.15) is 25.7 Å². The van der Waals surface area contributed by atoms with Gasteiger partial charge in [0.1, 0.15) is 23.2 Å². The minimum Gasteiger partial charge on any atom is -1.00 e. The molecule has 1 heterocycles. The highest BCUT2D eigenvalue weighted by atomic mass is 79.9. The first kappa shape index (κ1) is 22.5. The molecular weight excluding hydrogens is 487 g/mol. The molecule has 1 unspecified atom stereocenters. The lowest BCUT2D eigenvalue weighted by Crippen LogP contribution is -3.00. The van der Waals surface area contributed by atoms with Crippen molar-refractivity contribution in [3.05, 3.63) is 91.0 Å². The lowest BCUT2D eigenvalue weighted by Gasteiger charge is -2.42. The molecule has 0 radical (unpaired) electrons.